The van der Waals surface area contributed by atoms with Gasteiger partial charge in [-0.05, 0) is 23.9 Å². The van der Waals surface area contributed by atoms with Gasteiger partial charge in [0.2, 0.25) is 0 Å². The smallest absolute Gasteiger partial charge is 0.258 e. The molecule has 2 aromatic rings. The molecule has 0 aliphatic rings. The van der Waals surface area contributed by atoms with Gasteiger partial charge in [-0.15, -0.1) is 0 Å². The summed E-state index contributed by atoms with van der Waals surface area (Å²) in [7, 11) is 0. The van der Waals surface area contributed by atoms with Gasteiger partial charge in [-0.2, -0.15) is 0 Å². The summed E-state index contributed by atoms with van der Waals surface area (Å²) in [5.41, 5.74) is 0.930. The number of hydrogen-bond donors (Lipinski definition) is 0. The minimum Gasteiger partial charge on any atom is -0.258 e. The molecule has 2 rings (SSSR count). The Kier molecular flexibility index (Phi) is 2.32. The predicted molar refractivity (Wildman–Crippen MR) is 60.3 cm³/mol. The average molecular weight is 222 g/mol. The molecular weight excluding hydrogens is 214 g/mol. The van der Waals surface area contributed by atoms with Crippen LogP contribution in [-0.2, 0) is 0 Å². The van der Waals surface area contributed by atoms with Gasteiger partial charge >= 0.3 is 0 Å². The number of rotatable bonds is 1. The number of benzene rings is 2. The topological polar surface area (TPSA) is 43.1 Å². The van der Waals surface area contributed by atoms with Gasteiger partial charge in [0.05, 0.1) is 15.3 Å². The van der Waals surface area contributed by atoms with Crippen LogP contribution < -0.4 is 0 Å². The second-order valence-corrected chi connectivity index (χ2v) is 3.71. The fraction of sp³-hybridized carbons (Fsp3) is 0.0909. The van der Waals surface area contributed by atoms with Gasteiger partial charge in [0, 0.05) is 6.07 Å². The summed E-state index contributed by atoms with van der Waals surface area (Å²) >= 11 is 5.93. The summed E-state index contributed by atoms with van der Waals surface area (Å²) in [6.45, 7) is 1.86. The van der Waals surface area contributed by atoms with Gasteiger partial charge in [0.15, 0.2) is 0 Å². The van der Waals surface area contributed by atoms with E-state index < -0.39 is 4.92 Å². The SMILES string of the molecule is Cc1c(Cl)cc([N+](=O)[O-])c2ccccc12. The summed E-state index contributed by atoms with van der Waals surface area (Å²) in [6.07, 6.45) is 0. The third-order valence-electron chi connectivity index (χ3n) is 2.43. The van der Waals surface area contributed by atoms with E-state index in [-0.39, 0.29) is 5.69 Å². The largest absolute Gasteiger partial charge is 0.278 e. The van der Waals surface area contributed by atoms with Crippen LogP contribution in [0.1, 0.15) is 5.56 Å². The van der Waals surface area contributed by atoms with E-state index in [1.54, 1.807) is 12.1 Å². The molecule has 0 spiro atoms. The van der Waals surface area contributed by atoms with Crippen molar-refractivity contribution in [1.29, 1.82) is 0 Å². The second-order valence-electron chi connectivity index (χ2n) is 3.31. The standard InChI is InChI=1S/C11H8ClNO2/c1-7-8-4-2-3-5-9(8)11(13(14)15)6-10(7)12/h2-6H,1H3. The van der Waals surface area contributed by atoms with Crippen LogP contribution in [0.25, 0.3) is 10.8 Å². The Balaban J connectivity index is 2.94. The lowest BCUT2D eigenvalue weighted by atomic mass is 10.0. The van der Waals surface area contributed by atoms with Crippen molar-refractivity contribution in [3.8, 4) is 0 Å². The first-order chi connectivity index (χ1) is 7.11. The van der Waals surface area contributed by atoms with E-state index in [4.69, 9.17) is 11.6 Å². The van der Waals surface area contributed by atoms with Crippen LogP contribution in [0, 0.1) is 17.0 Å². The van der Waals surface area contributed by atoms with Gasteiger partial charge in [-0.3, -0.25) is 10.1 Å². The highest BCUT2D eigenvalue weighted by molar-refractivity contribution is 6.32. The molecule has 0 radical (unpaired) electrons. The normalized spacial score (nSPS) is 10.5. The number of aryl methyl sites for hydroxylation is 1. The van der Waals surface area contributed by atoms with Crippen molar-refractivity contribution in [2.75, 3.05) is 0 Å². The molecule has 0 heterocycles. The quantitative estimate of drug-likeness (QED) is 0.544. The van der Waals surface area contributed by atoms with E-state index in [0.717, 1.165) is 10.9 Å². The van der Waals surface area contributed by atoms with E-state index in [9.17, 15) is 10.1 Å². The molecule has 0 aromatic heterocycles. The highest BCUT2D eigenvalue weighted by Gasteiger charge is 2.15. The predicted octanol–water partition coefficient (Wildman–Crippen LogP) is 3.71. The molecule has 0 unspecified atom stereocenters. The van der Waals surface area contributed by atoms with E-state index >= 15 is 0 Å². The van der Waals surface area contributed by atoms with Gasteiger partial charge in [-0.1, -0.05) is 29.8 Å². The van der Waals surface area contributed by atoms with Crippen molar-refractivity contribution in [2.24, 2.45) is 0 Å². The maximum Gasteiger partial charge on any atom is 0.278 e. The molecule has 2 aromatic carbocycles. The van der Waals surface area contributed by atoms with Gasteiger partial charge < -0.3 is 0 Å². The highest BCUT2D eigenvalue weighted by atomic mass is 35.5. The Labute approximate surface area is 91.4 Å². The lowest BCUT2D eigenvalue weighted by Crippen LogP contribution is -1.91. The molecular formula is C11H8ClNO2. The molecule has 15 heavy (non-hydrogen) atoms. The monoisotopic (exact) mass is 221 g/mol. The number of hydrogen-bond acceptors (Lipinski definition) is 2. The molecule has 0 aliphatic carbocycles. The maximum absolute atomic E-state index is 10.8. The Morgan fingerprint density at radius 1 is 1.27 bits per heavy atom. The van der Waals surface area contributed by atoms with Crippen LogP contribution in [-0.4, -0.2) is 4.92 Å². The Hall–Kier alpha value is -1.61. The number of non-ortho nitro benzene ring substituents is 1. The first-order valence-electron chi connectivity index (χ1n) is 4.43. The van der Waals surface area contributed by atoms with E-state index in [2.05, 4.69) is 0 Å². The number of nitro benzene ring substituents is 1. The van der Waals surface area contributed by atoms with Crippen molar-refractivity contribution < 1.29 is 4.92 Å². The van der Waals surface area contributed by atoms with Crippen LogP contribution >= 0.6 is 11.6 Å². The minimum atomic E-state index is -0.409. The molecule has 0 saturated heterocycles. The van der Waals surface area contributed by atoms with Crippen molar-refractivity contribution in [1.82, 2.24) is 0 Å². The fourth-order valence-electron chi connectivity index (χ4n) is 1.62. The molecule has 0 N–H and O–H groups in total. The summed E-state index contributed by atoms with van der Waals surface area (Å²) in [5, 5.41) is 12.7. The maximum atomic E-state index is 10.8. The van der Waals surface area contributed by atoms with Gasteiger partial charge in [0.25, 0.3) is 5.69 Å². The molecule has 0 aliphatic heterocycles. The van der Waals surface area contributed by atoms with Crippen LogP contribution in [0.5, 0.6) is 0 Å². The number of fused-ring (bicyclic) bond motifs is 1. The minimum absolute atomic E-state index is 0.0567. The first-order valence-corrected chi connectivity index (χ1v) is 4.81. The lowest BCUT2D eigenvalue weighted by Gasteiger charge is -2.04. The lowest BCUT2D eigenvalue weighted by molar-refractivity contribution is -0.383. The van der Waals surface area contributed by atoms with Crippen LogP contribution in [0.2, 0.25) is 5.02 Å². The van der Waals surface area contributed by atoms with Crippen molar-refractivity contribution in [2.45, 2.75) is 6.92 Å². The average Bonchev–Trinajstić information content (AvgIpc) is 2.23. The molecule has 0 saturated carbocycles. The summed E-state index contributed by atoms with van der Waals surface area (Å²) in [4.78, 5) is 10.4. The number of nitro groups is 1. The zero-order valence-corrected chi connectivity index (χ0v) is 8.78. The second kappa shape index (κ2) is 3.51. The summed E-state index contributed by atoms with van der Waals surface area (Å²) in [5.74, 6) is 0. The third-order valence-corrected chi connectivity index (χ3v) is 2.82. The van der Waals surface area contributed by atoms with Crippen LogP contribution in [0.15, 0.2) is 30.3 Å². The molecule has 0 amide bonds. The molecule has 4 heteroatoms. The van der Waals surface area contributed by atoms with Crippen molar-refractivity contribution in [3.63, 3.8) is 0 Å². The number of nitrogens with zero attached hydrogens (tertiary/aromatic N) is 1. The van der Waals surface area contributed by atoms with Gasteiger partial charge in [-0.25, -0.2) is 0 Å². The Morgan fingerprint density at radius 2 is 1.87 bits per heavy atom. The zero-order valence-electron chi connectivity index (χ0n) is 8.03. The molecule has 0 fully saturated rings. The molecule has 0 bridgehead atoms. The summed E-state index contributed by atoms with van der Waals surface area (Å²) < 4.78 is 0. The fourth-order valence-corrected chi connectivity index (χ4v) is 1.82. The van der Waals surface area contributed by atoms with Crippen molar-refractivity contribution >= 4 is 28.1 Å². The molecule has 0 atom stereocenters. The van der Waals surface area contributed by atoms with Crippen LogP contribution in [0.4, 0.5) is 5.69 Å². The Bertz CT molecular complexity index is 552. The zero-order chi connectivity index (χ0) is 11.0. The van der Waals surface area contributed by atoms with Crippen LogP contribution in [0.3, 0.4) is 0 Å². The van der Waals surface area contributed by atoms with E-state index in [1.165, 1.54) is 6.07 Å². The van der Waals surface area contributed by atoms with E-state index in [1.807, 2.05) is 19.1 Å². The van der Waals surface area contributed by atoms with Gasteiger partial charge in [0.1, 0.15) is 0 Å². The Morgan fingerprint density at radius 3 is 2.47 bits per heavy atom. The summed E-state index contributed by atoms with van der Waals surface area (Å²) in [6, 6.07) is 8.59. The third kappa shape index (κ3) is 1.55. The molecule has 3 nitrogen and oxygen atoms in total. The van der Waals surface area contributed by atoms with Crippen molar-refractivity contribution in [3.05, 3.63) is 51.0 Å². The first kappa shape index (κ1) is 9.93. The highest BCUT2D eigenvalue weighted by Crippen LogP contribution is 2.33. The van der Waals surface area contributed by atoms with E-state index in [0.29, 0.717) is 10.4 Å². The number of halogens is 1. The molecule has 76 valence electrons.